The largest absolute Gasteiger partial charge is 0.380 e. The quantitative estimate of drug-likeness (QED) is 0.553. The maximum atomic E-state index is 5.84. The summed E-state index contributed by atoms with van der Waals surface area (Å²) in [6.07, 6.45) is 0. The second kappa shape index (κ2) is 6.64. The molecule has 1 rings (SSSR count). The van der Waals surface area contributed by atoms with Crippen molar-refractivity contribution in [3.8, 4) is 0 Å². The van der Waals surface area contributed by atoms with Crippen LogP contribution in [0.4, 0.5) is 5.82 Å². The number of hydrogen-bond donors (Lipinski definition) is 0. The first-order chi connectivity index (χ1) is 7.27. The molecular formula is C11H17ClN2O. The molecule has 1 heterocycles. The number of hydrogen-bond acceptors (Lipinski definition) is 3. The van der Waals surface area contributed by atoms with Crippen molar-refractivity contribution in [1.29, 1.82) is 0 Å². The van der Waals surface area contributed by atoms with E-state index < -0.39 is 0 Å². The van der Waals surface area contributed by atoms with E-state index in [2.05, 4.69) is 16.8 Å². The molecule has 0 atom stereocenters. The zero-order valence-corrected chi connectivity index (χ0v) is 10.00. The molecule has 0 saturated heterocycles. The third-order valence-electron chi connectivity index (χ3n) is 2.12. The number of likely N-dealkylation sites (N-methyl/N-ethyl adjacent to an activating group) is 1. The number of anilines is 1. The molecule has 15 heavy (non-hydrogen) atoms. The normalized spacial score (nSPS) is 10.3. The summed E-state index contributed by atoms with van der Waals surface area (Å²) in [5.74, 6) is 0.907. The van der Waals surface area contributed by atoms with Crippen LogP contribution >= 0.6 is 11.6 Å². The minimum Gasteiger partial charge on any atom is -0.380 e. The van der Waals surface area contributed by atoms with Crippen molar-refractivity contribution in [2.24, 2.45) is 0 Å². The number of nitrogens with zero attached hydrogens (tertiary/aromatic N) is 2. The zero-order valence-electron chi connectivity index (χ0n) is 9.24. The van der Waals surface area contributed by atoms with Crippen molar-refractivity contribution in [3.63, 3.8) is 0 Å². The lowest BCUT2D eigenvalue weighted by Crippen LogP contribution is -2.27. The van der Waals surface area contributed by atoms with Crippen LogP contribution in [0.15, 0.2) is 18.2 Å². The van der Waals surface area contributed by atoms with Crippen LogP contribution in [0.25, 0.3) is 0 Å². The third kappa shape index (κ3) is 4.06. The molecule has 0 aliphatic carbocycles. The first-order valence-corrected chi connectivity index (χ1v) is 5.61. The van der Waals surface area contributed by atoms with Gasteiger partial charge in [-0.25, -0.2) is 4.98 Å². The zero-order chi connectivity index (χ0) is 11.1. The third-order valence-corrected chi connectivity index (χ3v) is 2.33. The Morgan fingerprint density at radius 1 is 1.40 bits per heavy atom. The van der Waals surface area contributed by atoms with Crippen LogP contribution in [-0.4, -0.2) is 31.3 Å². The molecule has 0 radical (unpaired) electrons. The smallest absolute Gasteiger partial charge is 0.131 e. The monoisotopic (exact) mass is 228 g/mol. The van der Waals surface area contributed by atoms with Crippen molar-refractivity contribution in [3.05, 3.63) is 23.4 Å². The van der Waals surface area contributed by atoms with Crippen LogP contribution in [-0.2, 0) is 4.74 Å². The minimum absolute atomic E-state index is 0.530. The Hall–Kier alpha value is -0.800. The van der Waals surface area contributed by atoms with Gasteiger partial charge in [-0.3, -0.25) is 0 Å². The fourth-order valence-electron chi connectivity index (χ4n) is 1.33. The Labute approximate surface area is 96.0 Å². The summed E-state index contributed by atoms with van der Waals surface area (Å²) < 4.78 is 5.32. The molecule has 0 aliphatic heterocycles. The second-order valence-corrected chi connectivity index (χ2v) is 3.48. The first kappa shape index (κ1) is 12.3. The van der Waals surface area contributed by atoms with E-state index in [1.165, 1.54) is 0 Å². The Morgan fingerprint density at radius 2 is 2.20 bits per heavy atom. The van der Waals surface area contributed by atoms with Gasteiger partial charge in [-0.05, 0) is 26.0 Å². The number of pyridine rings is 1. The van der Waals surface area contributed by atoms with E-state index in [0.29, 0.717) is 5.15 Å². The van der Waals surface area contributed by atoms with Gasteiger partial charge in [0.2, 0.25) is 0 Å². The summed E-state index contributed by atoms with van der Waals surface area (Å²) in [4.78, 5) is 6.40. The van der Waals surface area contributed by atoms with Crippen LogP contribution in [0, 0.1) is 0 Å². The molecule has 3 nitrogen and oxygen atoms in total. The van der Waals surface area contributed by atoms with Crippen LogP contribution in [0.1, 0.15) is 13.8 Å². The highest BCUT2D eigenvalue weighted by molar-refractivity contribution is 6.29. The van der Waals surface area contributed by atoms with E-state index in [-0.39, 0.29) is 0 Å². The molecule has 0 saturated carbocycles. The van der Waals surface area contributed by atoms with E-state index in [1.807, 2.05) is 19.1 Å². The van der Waals surface area contributed by atoms with Gasteiger partial charge in [0.25, 0.3) is 0 Å². The Balaban J connectivity index is 2.57. The highest BCUT2D eigenvalue weighted by Gasteiger charge is 2.05. The first-order valence-electron chi connectivity index (χ1n) is 5.23. The lowest BCUT2D eigenvalue weighted by atomic mass is 10.4. The number of aromatic nitrogens is 1. The standard InChI is InChI=1S/C11H17ClN2O/c1-3-14(8-9-15-4-2)11-7-5-6-10(12)13-11/h5-7H,3-4,8-9H2,1-2H3. The highest BCUT2D eigenvalue weighted by Crippen LogP contribution is 2.13. The second-order valence-electron chi connectivity index (χ2n) is 3.10. The Bertz CT molecular complexity index is 294. The predicted octanol–water partition coefficient (Wildman–Crippen LogP) is 2.60. The summed E-state index contributed by atoms with van der Waals surface area (Å²) in [6, 6.07) is 5.65. The lowest BCUT2D eigenvalue weighted by molar-refractivity contribution is 0.154. The topological polar surface area (TPSA) is 25.4 Å². The van der Waals surface area contributed by atoms with Crippen LogP contribution in [0.3, 0.4) is 0 Å². The van der Waals surface area contributed by atoms with E-state index >= 15 is 0 Å². The van der Waals surface area contributed by atoms with Crippen molar-refractivity contribution in [1.82, 2.24) is 4.98 Å². The molecule has 0 amide bonds. The van der Waals surface area contributed by atoms with Gasteiger partial charge in [0, 0.05) is 19.7 Å². The Kier molecular flexibility index (Phi) is 5.43. The van der Waals surface area contributed by atoms with E-state index in [9.17, 15) is 0 Å². The van der Waals surface area contributed by atoms with Gasteiger partial charge in [0.1, 0.15) is 11.0 Å². The van der Waals surface area contributed by atoms with Gasteiger partial charge < -0.3 is 9.64 Å². The van der Waals surface area contributed by atoms with Crippen LogP contribution in [0.5, 0.6) is 0 Å². The lowest BCUT2D eigenvalue weighted by Gasteiger charge is -2.21. The van der Waals surface area contributed by atoms with Crippen LogP contribution in [0.2, 0.25) is 5.15 Å². The van der Waals surface area contributed by atoms with Crippen LogP contribution < -0.4 is 4.90 Å². The maximum Gasteiger partial charge on any atom is 0.131 e. The summed E-state index contributed by atoms with van der Waals surface area (Å²) in [5.41, 5.74) is 0. The van der Waals surface area contributed by atoms with Crippen molar-refractivity contribution in [2.75, 3.05) is 31.2 Å². The van der Waals surface area contributed by atoms with Gasteiger partial charge in [-0.1, -0.05) is 17.7 Å². The summed E-state index contributed by atoms with van der Waals surface area (Å²) in [5, 5.41) is 0.530. The number of rotatable bonds is 6. The molecule has 0 N–H and O–H groups in total. The fourth-order valence-corrected chi connectivity index (χ4v) is 1.49. The summed E-state index contributed by atoms with van der Waals surface area (Å²) >= 11 is 5.84. The number of ether oxygens (including phenoxy) is 1. The van der Waals surface area contributed by atoms with Crippen molar-refractivity contribution in [2.45, 2.75) is 13.8 Å². The van der Waals surface area contributed by atoms with Gasteiger partial charge in [0.05, 0.1) is 6.61 Å². The molecule has 0 aromatic carbocycles. The molecular weight excluding hydrogens is 212 g/mol. The SMILES string of the molecule is CCOCCN(CC)c1cccc(Cl)n1. The van der Waals surface area contributed by atoms with Crippen molar-refractivity contribution >= 4 is 17.4 Å². The van der Waals surface area contributed by atoms with Gasteiger partial charge >= 0.3 is 0 Å². The van der Waals surface area contributed by atoms with Gasteiger partial charge in [0.15, 0.2) is 0 Å². The molecule has 0 spiro atoms. The molecule has 1 aromatic rings. The fraction of sp³-hybridized carbons (Fsp3) is 0.545. The maximum absolute atomic E-state index is 5.84. The summed E-state index contributed by atoms with van der Waals surface area (Å²) in [7, 11) is 0. The Morgan fingerprint density at radius 3 is 2.80 bits per heavy atom. The molecule has 0 aliphatic rings. The molecule has 0 fully saturated rings. The highest BCUT2D eigenvalue weighted by atomic mass is 35.5. The molecule has 4 heteroatoms. The van der Waals surface area contributed by atoms with E-state index in [4.69, 9.17) is 16.3 Å². The number of halogens is 1. The van der Waals surface area contributed by atoms with Gasteiger partial charge in [-0.15, -0.1) is 0 Å². The van der Waals surface area contributed by atoms with Gasteiger partial charge in [-0.2, -0.15) is 0 Å². The minimum atomic E-state index is 0.530. The molecule has 0 bridgehead atoms. The average molecular weight is 229 g/mol. The summed E-state index contributed by atoms with van der Waals surface area (Å²) in [6.45, 7) is 7.31. The van der Waals surface area contributed by atoms with E-state index in [0.717, 1.165) is 32.1 Å². The molecule has 84 valence electrons. The van der Waals surface area contributed by atoms with E-state index in [1.54, 1.807) is 6.07 Å². The van der Waals surface area contributed by atoms with Crippen molar-refractivity contribution < 1.29 is 4.74 Å². The predicted molar refractivity (Wildman–Crippen MR) is 63.6 cm³/mol. The average Bonchev–Trinajstić information content (AvgIpc) is 2.24. The molecule has 0 unspecified atom stereocenters. The molecule has 1 aromatic heterocycles.